The SMILES string of the molecule is NC(=S)c1ncc(Br)cc1[N+](=O)[O-]. The third-order valence-corrected chi connectivity index (χ3v) is 1.89. The van der Waals surface area contributed by atoms with Gasteiger partial charge in [-0.2, -0.15) is 0 Å². The number of nitrogens with zero attached hydrogens (tertiary/aromatic N) is 2. The molecule has 0 atom stereocenters. The van der Waals surface area contributed by atoms with E-state index in [0.717, 1.165) is 0 Å². The van der Waals surface area contributed by atoms with E-state index >= 15 is 0 Å². The van der Waals surface area contributed by atoms with Gasteiger partial charge in [0.25, 0.3) is 5.69 Å². The second-order valence-electron chi connectivity index (χ2n) is 2.14. The van der Waals surface area contributed by atoms with E-state index in [9.17, 15) is 10.1 Å². The first-order valence-electron chi connectivity index (χ1n) is 3.12. The smallest absolute Gasteiger partial charge is 0.299 e. The molecule has 7 heteroatoms. The Morgan fingerprint density at radius 1 is 1.77 bits per heavy atom. The zero-order valence-corrected chi connectivity index (χ0v) is 8.63. The molecule has 0 amide bonds. The molecule has 5 nitrogen and oxygen atoms in total. The predicted molar refractivity (Wildman–Crippen MR) is 54.5 cm³/mol. The summed E-state index contributed by atoms with van der Waals surface area (Å²) >= 11 is 7.67. The Bertz CT molecular complexity index is 382. The van der Waals surface area contributed by atoms with E-state index in [4.69, 9.17) is 5.73 Å². The number of nitrogens with two attached hydrogens (primary N) is 1. The molecular weight excluding hydrogens is 258 g/mol. The van der Waals surface area contributed by atoms with E-state index in [1.54, 1.807) is 0 Å². The normalized spacial score (nSPS) is 9.62. The lowest BCUT2D eigenvalue weighted by molar-refractivity contribution is -0.385. The van der Waals surface area contributed by atoms with Gasteiger partial charge in [0.05, 0.1) is 4.92 Å². The molecule has 0 aliphatic rings. The topological polar surface area (TPSA) is 82.0 Å². The second-order valence-corrected chi connectivity index (χ2v) is 3.50. The van der Waals surface area contributed by atoms with Crippen molar-refractivity contribution in [3.05, 3.63) is 32.5 Å². The molecule has 0 bridgehead atoms. The summed E-state index contributed by atoms with van der Waals surface area (Å²) in [6.07, 6.45) is 1.40. The molecule has 0 spiro atoms. The monoisotopic (exact) mass is 261 g/mol. The fraction of sp³-hybridized carbons (Fsp3) is 0. The molecule has 0 aromatic carbocycles. The molecule has 0 saturated carbocycles. The summed E-state index contributed by atoms with van der Waals surface area (Å²) in [4.78, 5) is 13.6. The molecule has 0 fully saturated rings. The molecule has 0 aliphatic carbocycles. The third kappa shape index (κ3) is 2.19. The van der Waals surface area contributed by atoms with E-state index in [1.165, 1.54) is 12.3 Å². The van der Waals surface area contributed by atoms with Crippen LogP contribution in [0.15, 0.2) is 16.7 Å². The minimum atomic E-state index is -0.577. The third-order valence-electron chi connectivity index (χ3n) is 1.26. The zero-order valence-electron chi connectivity index (χ0n) is 6.23. The molecule has 1 rings (SSSR count). The molecule has 0 unspecified atom stereocenters. The number of hydrogen-bond acceptors (Lipinski definition) is 4. The van der Waals surface area contributed by atoms with Crippen LogP contribution in [0.25, 0.3) is 0 Å². The first kappa shape index (κ1) is 10.0. The van der Waals surface area contributed by atoms with Gasteiger partial charge in [0.15, 0.2) is 5.69 Å². The van der Waals surface area contributed by atoms with Crippen molar-refractivity contribution in [2.24, 2.45) is 5.73 Å². The minimum absolute atomic E-state index is 0.0307. The largest absolute Gasteiger partial charge is 0.388 e. The quantitative estimate of drug-likeness (QED) is 0.494. The summed E-state index contributed by atoms with van der Waals surface area (Å²) in [5, 5.41) is 10.5. The Labute approximate surface area is 87.2 Å². The van der Waals surface area contributed by atoms with Crippen LogP contribution < -0.4 is 5.73 Å². The minimum Gasteiger partial charge on any atom is -0.388 e. The van der Waals surface area contributed by atoms with Crippen molar-refractivity contribution in [2.75, 3.05) is 0 Å². The van der Waals surface area contributed by atoms with Gasteiger partial charge in [0.2, 0.25) is 0 Å². The van der Waals surface area contributed by atoms with Gasteiger partial charge in [-0.05, 0) is 15.9 Å². The van der Waals surface area contributed by atoms with Crippen LogP contribution in [-0.4, -0.2) is 14.9 Å². The number of pyridine rings is 1. The number of nitro groups is 1. The molecule has 1 aromatic rings. The van der Waals surface area contributed by atoms with Crippen LogP contribution in [0, 0.1) is 10.1 Å². The van der Waals surface area contributed by atoms with Gasteiger partial charge in [-0.1, -0.05) is 12.2 Å². The van der Waals surface area contributed by atoms with Crippen molar-refractivity contribution in [2.45, 2.75) is 0 Å². The van der Waals surface area contributed by atoms with Crippen LogP contribution in [0.1, 0.15) is 5.69 Å². The Kier molecular flexibility index (Phi) is 2.89. The summed E-state index contributed by atoms with van der Waals surface area (Å²) in [5.74, 6) is 0. The lowest BCUT2D eigenvalue weighted by atomic mass is 10.3. The van der Waals surface area contributed by atoms with Gasteiger partial charge in [-0.3, -0.25) is 10.1 Å². The maximum absolute atomic E-state index is 10.5. The van der Waals surface area contributed by atoms with Crippen molar-refractivity contribution >= 4 is 38.8 Å². The Hall–Kier alpha value is -1.08. The number of rotatable bonds is 2. The maximum Gasteiger partial charge on any atom is 0.299 e. The Morgan fingerprint density at radius 2 is 2.38 bits per heavy atom. The van der Waals surface area contributed by atoms with Crippen molar-refractivity contribution in [1.82, 2.24) is 4.98 Å². The lowest BCUT2D eigenvalue weighted by Gasteiger charge is -1.98. The number of halogens is 1. The summed E-state index contributed by atoms with van der Waals surface area (Å²) in [5.41, 5.74) is 5.09. The molecule has 2 N–H and O–H groups in total. The van der Waals surface area contributed by atoms with Crippen LogP contribution in [0.3, 0.4) is 0 Å². The van der Waals surface area contributed by atoms with Crippen molar-refractivity contribution in [3.8, 4) is 0 Å². The van der Waals surface area contributed by atoms with E-state index in [1.807, 2.05) is 0 Å². The molecule has 68 valence electrons. The van der Waals surface area contributed by atoms with E-state index in [0.29, 0.717) is 4.47 Å². The summed E-state index contributed by atoms with van der Waals surface area (Å²) in [6.45, 7) is 0. The number of aromatic nitrogens is 1. The van der Waals surface area contributed by atoms with Gasteiger partial charge in [0, 0.05) is 16.7 Å². The molecule has 13 heavy (non-hydrogen) atoms. The van der Waals surface area contributed by atoms with E-state index < -0.39 is 4.92 Å². The highest BCUT2D eigenvalue weighted by Crippen LogP contribution is 2.20. The predicted octanol–water partition coefficient (Wildman–Crippen LogP) is 1.39. The average Bonchev–Trinajstić information content (AvgIpc) is 2.03. The van der Waals surface area contributed by atoms with Gasteiger partial charge in [-0.25, -0.2) is 4.98 Å². The van der Waals surface area contributed by atoms with E-state index in [2.05, 4.69) is 33.1 Å². The highest BCUT2D eigenvalue weighted by Gasteiger charge is 2.17. The van der Waals surface area contributed by atoms with E-state index in [-0.39, 0.29) is 16.4 Å². The molecule has 0 saturated heterocycles. The van der Waals surface area contributed by atoms with Crippen molar-refractivity contribution in [3.63, 3.8) is 0 Å². The summed E-state index contributed by atoms with van der Waals surface area (Å²) in [7, 11) is 0. The first-order valence-corrected chi connectivity index (χ1v) is 4.32. The van der Waals surface area contributed by atoms with Crippen LogP contribution in [0.2, 0.25) is 0 Å². The second kappa shape index (κ2) is 3.75. The lowest BCUT2D eigenvalue weighted by Crippen LogP contribution is -2.13. The van der Waals surface area contributed by atoms with Gasteiger partial charge >= 0.3 is 0 Å². The zero-order chi connectivity index (χ0) is 10.0. The molecule has 0 radical (unpaired) electrons. The van der Waals surface area contributed by atoms with Crippen molar-refractivity contribution < 1.29 is 4.92 Å². The number of thiocarbonyl (C=S) groups is 1. The molecule has 1 heterocycles. The van der Waals surface area contributed by atoms with Crippen LogP contribution >= 0.6 is 28.1 Å². The van der Waals surface area contributed by atoms with Gasteiger partial charge < -0.3 is 5.73 Å². The molecular formula is C6H4BrN3O2S. The Morgan fingerprint density at radius 3 is 2.85 bits per heavy atom. The summed E-state index contributed by atoms with van der Waals surface area (Å²) < 4.78 is 0.513. The van der Waals surface area contributed by atoms with Crippen LogP contribution in [0.4, 0.5) is 5.69 Å². The fourth-order valence-corrected chi connectivity index (χ4v) is 1.23. The first-order chi connectivity index (χ1) is 6.02. The van der Waals surface area contributed by atoms with Gasteiger partial charge in [-0.15, -0.1) is 0 Å². The van der Waals surface area contributed by atoms with Crippen molar-refractivity contribution in [1.29, 1.82) is 0 Å². The van der Waals surface area contributed by atoms with Crippen LogP contribution in [-0.2, 0) is 0 Å². The highest BCUT2D eigenvalue weighted by atomic mass is 79.9. The van der Waals surface area contributed by atoms with Crippen LogP contribution in [0.5, 0.6) is 0 Å². The average molecular weight is 262 g/mol. The van der Waals surface area contributed by atoms with Gasteiger partial charge in [0.1, 0.15) is 4.99 Å². The molecule has 0 aliphatic heterocycles. The number of hydrogen-bond donors (Lipinski definition) is 1. The maximum atomic E-state index is 10.5. The molecule has 1 aromatic heterocycles. The fourth-order valence-electron chi connectivity index (χ4n) is 0.758. The summed E-state index contributed by atoms with van der Waals surface area (Å²) in [6, 6.07) is 1.31. The highest BCUT2D eigenvalue weighted by molar-refractivity contribution is 9.10. The standard InChI is InChI=1S/C6H4BrN3O2S/c7-3-1-4(10(11)12)5(6(8)13)9-2-3/h1-2H,(H2,8,13). The Balaban J connectivity index is 3.35.